The number of anilines is 1. The molecule has 0 bridgehead atoms. The molecule has 0 aromatic heterocycles. The van der Waals surface area contributed by atoms with Crippen LogP contribution in [0.2, 0.25) is 10.0 Å². The van der Waals surface area contributed by atoms with E-state index in [9.17, 15) is 14.9 Å². The van der Waals surface area contributed by atoms with Crippen molar-refractivity contribution in [3.05, 3.63) is 27.7 Å². The number of ether oxygens (including phenoxy) is 1. The lowest BCUT2D eigenvalue weighted by Gasteiger charge is -2.22. The SMILES string of the molecule is CC(C#N)(NC(=O)COC(=O)c1cc(Cl)cc(Cl)c1N)C1CC1. The van der Waals surface area contributed by atoms with Gasteiger partial charge < -0.3 is 15.8 Å². The largest absolute Gasteiger partial charge is 0.452 e. The fourth-order valence-corrected chi connectivity index (χ4v) is 2.66. The van der Waals surface area contributed by atoms with Gasteiger partial charge in [-0.25, -0.2) is 4.79 Å². The maximum absolute atomic E-state index is 12.0. The van der Waals surface area contributed by atoms with Crippen LogP contribution < -0.4 is 11.1 Å². The Labute approximate surface area is 143 Å². The minimum Gasteiger partial charge on any atom is -0.452 e. The topological polar surface area (TPSA) is 105 Å². The molecule has 1 amide bonds. The van der Waals surface area contributed by atoms with E-state index in [1.54, 1.807) is 6.92 Å². The molecule has 1 aromatic rings. The van der Waals surface area contributed by atoms with Crippen molar-refractivity contribution in [3.63, 3.8) is 0 Å². The van der Waals surface area contributed by atoms with Gasteiger partial charge in [0.05, 0.1) is 22.3 Å². The third-order valence-electron chi connectivity index (χ3n) is 3.67. The highest BCUT2D eigenvalue weighted by atomic mass is 35.5. The van der Waals surface area contributed by atoms with Gasteiger partial charge in [0.15, 0.2) is 6.61 Å². The first kappa shape index (κ1) is 17.4. The smallest absolute Gasteiger partial charge is 0.340 e. The number of benzene rings is 1. The van der Waals surface area contributed by atoms with E-state index in [1.165, 1.54) is 12.1 Å². The van der Waals surface area contributed by atoms with Gasteiger partial charge in [0.25, 0.3) is 5.91 Å². The number of nitrogens with two attached hydrogens (primary N) is 1. The molecule has 1 atom stereocenters. The molecule has 0 radical (unpaired) electrons. The van der Waals surface area contributed by atoms with E-state index >= 15 is 0 Å². The van der Waals surface area contributed by atoms with Crippen LogP contribution in [-0.2, 0) is 9.53 Å². The van der Waals surface area contributed by atoms with Crippen molar-refractivity contribution in [3.8, 4) is 6.07 Å². The van der Waals surface area contributed by atoms with Crippen LogP contribution in [0.15, 0.2) is 12.1 Å². The van der Waals surface area contributed by atoms with Gasteiger partial charge in [-0.1, -0.05) is 23.2 Å². The molecule has 0 heterocycles. The Balaban J connectivity index is 1.97. The van der Waals surface area contributed by atoms with Crippen molar-refractivity contribution in [2.75, 3.05) is 12.3 Å². The monoisotopic (exact) mass is 355 g/mol. The van der Waals surface area contributed by atoms with Gasteiger partial charge in [-0.2, -0.15) is 5.26 Å². The van der Waals surface area contributed by atoms with E-state index < -0.39 is 24.0 Å². The summed E-state index contributed by atoms with van der Waals surface area (Å²) in [6, 6.07) is 4.80. The highest BCUT2D eigenvalue weighted by molar-refractivity contribution is 6.37. The Morgan fingerprint density at radius 2 is 2.13 bits per heavy atom. The molecule has 2 rings (SSSR count). The number of rotatable bonds is 5. The third kappa shape index (κ3) is 4.06. The molecule has 0 aliphatic heterocycles. The molecule has 122 valence electrons. The number of nitrogen functional groups attached to an aromatic ring is 1. The van der Waals surface area contributed by atoms with Crippen LogP contribution in [0.25, 0.3) is 0 Å². The molecule has 1 fully saturated rings. The van der Waals surface area contributed by atoms with Crippen LogP contribution in [-0.4, -0.2) is 24.0 Å². The Morgan fingerprint density at radius 1 is 1.48 bits per heavy atom. The zero-order valence-electron chi connectivity index (χ0n) is 12.4. The lowest BCUT2D eigenvalue weighted by atomic mass is 9.98. The minimum absolute atomic E-state index is 0.0134. The van der Waals surface area contributed by atoms with Gasteiger partial charge in [-0.15, -0.1) is 0 Å². The number of nitrogens with zero attached hydrogens (tertiary/aromatic N) is 1. The summed E-state index contributed by atoms with van der Waals surface area (Å²) < 4.78 is 4.91. The summed E-state index contributed by atoms with van der Waals surface area (Å²) in [6.45, 7) is 1.13. The predicted molar refractivity (Wildman–Crippen MR) is 86.0 cm³/mol. The molecule has 6 nitrogen and oxygen atoms in total. The van der Waals surface area contributed by atoms with Gasteiger partial charge in [0.2, 0.25) is 0 Å². The van der Waals surface area contributed by atoms with E-state index in [-0.39, 0.29) is 27.2 Å². The average Bonchev–Trinajstić information content (AvgIpc) is 3.33. The fraction of sp³-hybridized carbons (Fsp3) is 0.400. The molecule has 1 aliphatic carbocycles. The molecule has 0 spiro atoms. The lowest BCUT2D eigenvalue weighted by Crippen LogP contribution is -2.48. The summed E-state index contributed by atoms with van der Waals surface area (Å²) in [5.74, 6) is -1.23. The van der Waals surface area contributed by atoms with Crippen LogP contribution in [0.1, 0.15) is 30.1 Å². The first-order valence-corrected chi connectivity index (χ1v) is 7.66. The van der Waals surface area contributed by atoms with Crippen LogP contribution in [0.5, 0.6) is 0 Å². The number of amides is 1. The second-order valence-corrected chi connectivity index (χ2v) is 6.41. The van der Waals surface area contributed by atoms with Crippen LogP contribution in [0.4, 0.5) is 5.69 Å². The first-order chi connectivity index (χ1) is 10.8. The van der Waals surface area contributed by atoms with E-state index in [4.69, 9.17) is 33.7 Å². The van der Waals surface area contributed by atoms with Crippen LogP contribution in [0, 0.1) is 17.2 Å². The van der Waals surface area contributed by atoms with E-state index in [0.29, 0.717) is 0 Å². The summed E-state index contributed by atoms with van der Waals surface area (Å²) in [5, 5.41) is 12.1. The Kier molecular flexibility index (Phi) is 5.03. The van der Waals surface area contributed by atoms with Gasteiger partial charge in [0.1, 0.15) is 5.54 Å². The number of nitriles is 1. The molecule has 1 aromatic carbocycles. The maximum Gasteiger partial charge on any atom is 0.340 e. The fourth-order valence-electron chi connectivity index (χ4n) is 2.17. The Hall–Kier alpha value is -1.97. The van der Waals surface area contributed by atoms with Crippen LogP contribution >= 0.6 is 23.2 Å². The zero-order valence-corrected chi connectivity index (χ0v) is 13.9. The molecule has 3 N–H and O–H groups in total. The quantitative estimate of drug-likeness (QED) is 0.623. The number of halogens is 2. The number of carbonyl (C=O) groups excluding carboxylic acids is 2. The molecule has 0 saturated heterocycles. The lowest BCUT2D eigenvalue weighted by molar-refractivity contribution is -0.125. The molecule has 8 heteroatoms. The normalized spacial score (nSPS) is 16.1. The molecule has 1 unspecified atom stereocenters. The summed E-state index contributed by atoms with van der Waals surface area (Å²) in [4.78, 5) is 23.9. The van der Waals surface area contributed by atoms with Gasteiger partial charge in [-0.05, 0) is 37.8 Å². The van der Waals surface area contributed by atoms with Gasteiger partial charge in [-0.3, -0.25) is 4.79 Å². The van der Waals surface area contributed by atoms with Crippen molar-refractivity contribution in [2.45, 2.75) is 25.3 Å². The zero-order chi connectivity index (χ0) is 17.2. The molecular formula is C15H15Cl2N3O3. The summed E-state index contributed by atoms with van der Waals surface area (Å²) >= 11 is 11.7. The Morgan fingerprint density at radius 3 is 2.70 bits per heavy atom. The predicted octanol–water partition coefficient (Wildman–Crippen LogP) is 2.54. The second-order valence-electron chi connectivity index (χ2n) is 5.56. The second kappa shape index (κ2) is 6.65. The summed E-state index contributed by atoms with van der Waals surface area (Å²) in [5.41, 5.74) is 4.77. The number of hydrogen-bond donors (Lipinski definition) is 2. The van der Waals surface area contributed by atoms with Crippen molar-refractivity contribution < 1.29 is 14.3 Å². The Bertz CT molecular complexity index is 698. The number of nitrogens with one attached hydrogen (secondary N) is 1. The molecule has 1 saturated carbocycles. The van der Waals surface area contributed by atoms with E-state index in [0.717, 1.165) is 12.8 Å². The molecule has 23 heavy (non-hydrogen) atoms. The standard InChI is InChI=1S/C15H15Cl2N3O3/c1-15(7-18,8-2-3-8)20-12(21)6-23-14(22)10-4-9(16)5-11(17)13(10)19/h4-5,8H,2-3,6,19H2,1H3,(H,20,21). The number of esters is 1. The van der Waals surface area contributed by atoms with E-state index in [1.807, 2.05) is 0 Å². The van der Waals surface area contributed by atoms with Gasteiger partial charge >= 0.3 is 5.97 Å². The first-order valence-electron chi connectivity index (χ1n) is 6.90. The highest BCUT2D eigenvalue weighted by Gasteiger charge is 2.43. The van der Waals surface area contributed by atoms with Crippen molar-refractivity contribution in [1.82, 2.24) is 5.32 Å². The molecular weight excluding hydrogens is 341 g/mol. The molecule has 1 aliphatic rings. The number of carbonyl (C=O) groups is 2. The van der Waals surface area contributed by atoms with E-state index in [2.05, 4.69) is 11.4 Å². The highest BCUT2D eigenvalue weighted by Crippen LogP contribution is 2.39. The van der Waals surface area contributed by atoms with Crippen LogP contribution in [0.3, 0.4) is 0 Å². The van der Waals surface area contributed by atoms with Crippen molar-refractivity contribution in [2.24, 2.45) is 5.92 Å². The number of hydrogen-bond acceptors (Lipinski definition) is 5. The minimum atomic E-state index is -0.943. The van der Waals surface area contributed by atoms with Crippen molar-refractivity contribution in [1.29, 1.82) is 5.26 Å². The van der Waals surface area contributed by atoms with Gasteiger partial charge in [0, 0.05) is 5.02 Å². The average molecular weight is 356 g/mol. The maximum atomic E-state index is 12.0. The summed E-state index contributed by atoms with van der Waals surface area (Å²) in [7, 11) is 0. The summed E-state index contributed by atoms with van der Waals surface area (Å²) in [6.07, 6.45) is 1.78. The third-order valence-corrected chi connectivity index (χ3v) is 4.20. The van der Waals surface area contributed by atoms with Crippen molar-refractivity contribution >= 4 is 40.8 Å².